The molecule has 0 aliphatic rings. The topological polar surface area (TPSA) is 34.1 Å². The lowest BCUT2D eigenvalue weighted by atomic mass is 9.95. The first-order chi connectivity index (χ1) is 8.65. The van der Waals surface area contributed by atoms with E-state index < -0.39 is 0 Å². The second-order valence-electron chi connectivity index (χ2n) is 5.23. The number of ketones is 2. The average Bonchev–Trinajstić information content (AvgIpc) is 2.38. The van der Waals surface area contributed by atoms with Gasteiger partial charge in [-0.15, -0.1) is 0 Å². The van der Waals surface area contributed by atoms with Gasteiger partial charge < -0.3 is 0 Å². The zero-order valence-electron chi connectivity index (χ0n) is 12.5. The molecule has 0 aromatic carbocycles. The van der Waals surface area contributed by atoms with Crippen molar-refractivity contribution < 1.29 is 9.59 Å². The predicted molar refractivity (Wildman–Crippen MR) is 76.7 cm³/mol. The lowest BCUT2D eigenvalue weighted by Gasteiger charge is -2.10. The summed E-state index contributed by atoms with van der Waals surface area (Å²) >= 11 is 0. The van der Waals surface area contributed by atoms with Crippen LogP contribution in [0, 0.1) is 5.92 Å². The van der Waals surface area contributed by atoms with Gasteiger partial charge in [0.25, 0.3) is 0 Å². The molecule has 0 unspecified atom stereocenters. The van der Waals surface area contributed by atoms with E-state index in [2.05, 4.69) is 20.8 Å². The Labute approximate surface area is 113 Å². The van der Waals surface area contributed by atoms with Crippen molar-refractivity contribution in [3.63, 3.8) is 0 Å². The lowest BCUT2D eigenvalue weighted by molar-refractivity contribution is -0.136. The van der Waals surface area contributed by atoms with Crippen molar-refractivity contribution >= 4 is 11.6 Å². The van der Waals surface area contributed by atoms with Crippen molar-refractivity contribution in [2.45, 2.75) is 85.0 Å². The van der Waals surface area contributed by atoms with Gasteiger partial charge in [0, 0.05) is 12.8 Å². The summed E-state index contributed by atoms with van der Waals surface area (Å²) in [4.78, 5) is 23.1. The summed E-state index contributed by atoms with van der Waals surface area (Å²) in [7, 11) is 0. The first-order valence-corrected chi connectivity index (χ1v) is 7.71. The van der Waals surface area contributed by atoms with Gasteiger partial charge in [-0.05, 0) is 18.8 Å². The number of hydrogen-bond donors (Lipinski definition) is 0. The number of Topliss-reactive ketones (excluding diaryl/α,β-unsaturated/α-hetero) is 2. The van der Waals surface area contributed by atoms with E-state index in [1.807, 2.05) is 0 Å². The maximum absolute atomic E-state index is 11.6. The monoisotopic (exact) mass is 254 g/mol. The molecule has 0 fully saturated rings. The molecule has 0 aromatic rings. The van der Waals surface area contributed by atoms with Crippen molar-refractivity contribution in [1.29, 1.82) is 0 Å². The molecule has 0 amide bonds. The van der Waals surface area contributed by atoms with Gasteiger partial charge in [-0.2, -0.15) is 0 Å². The van der Waals surface area contributed by atoms with Crippen molar-refractivity contribution in [3.8, 4) is 0 Å². The van der Waals surface area contributed by atoms with Crippen LogP contribution in [0.5, 0.6) is 0 Å². The molecule has 0 spiro atoms. The molecule has 2 heteroatoms. The molecule has 0 aliphatic carbocycles. The van der Waals surface area contributed by atoms with Crippen LogP contribution < -0.4 is 0 Å². The maximum atomic E-state index is 11.6. The van der Waals surface area contributed by atoms with Gasteiger partial charge in [0.15, 0.2) is 11.6 Å². The SMILES string of the molecule is CCCCCC(=O)C(=O)CCCCC(CC)CC. The highest BCUT2D eigenvalue weighted by atomic mass is 16.2. The van der Waals surface area contributed by atoms with Crippen LogP contribution in [0.4, 0.5) is 0 Å². The number of carbonyl (C=O) groups is 2. The molecule has 0 rings (SSSR count). The summed E-state index contributed by atoms with van der Waals surface area (Å²) in [5, 5.41) is 0. The van der Waals surface area contributed by atoms with E-state index in [-0.39, 0.29) is 11.6 Å². The van der Waals surface area contributed by atoms with E-state index in [0.29, 0.717) is 12.8 Å². The molecule has 0 saturated carbocycles. The van der Waals surface area contributed by atoms with Gasteiger partial charge in [0.1, 0.15) is 0 Å². The highest BCUT2D eigenvalue weighted by Gasteiger charge is 2.12. The summed E-state index contributed by atoms with van der Waals surface area (Å²) in [6.45, 7) is 6.54. The lowest BCUT2D eigenvalue weighted by Crippen LogP contribution is -2.13. The van der Waals surface area contributed by atoms with E-state index in [4.69, 9.17) is 0 Å². The Morgan fingerprint density at radius 1 is 0.778 bits per heavy atom. The average molecular weight is 254 g/mol. The summed E-state index contributed by atoms with van der Waals surface area (Å²) < 4.78 is 0. The summed E-state index contributed by atoms with van der Waals surface area (Å²) in [6, 6.07) is 0. The Bertz CT molecular complexity index is 229. The molecule has 0 aliphatic heterocycles. The van der Waals surface area contributed by atoms with Crippen molar-refractivity contribution in [2.75, 3.05) is 0 Å². The third-order valence-electron chi connectivity index (χ3n) is 3.74. The number of hydrogen-bond acceptors (Lipinski definition) is 2. The first-order valence-electron chi connectivity index (χ1n) is 7.71. The highest BCUT2D eigenvalue weighted by Crippen LogP contribution is 2.16. The molecule has 0 bridgehead atoms. The van der Waals surface area contributed by atoms with Gasteiger partial charge in [-0.3, -0.25) is 9.59 Å². The summed E-state index contributed by atoms with van der Waals surface area (Å²) in [5.41, 5.74) is 0. The fourth-order valence-corrected chi connectivity index (χ4v) is 2.23. The molecule has 0 heterocycles. The fraction of sp³-hybridized carbons (Fsp3) is 0.875. The minimum Gasteiger partial charge on any atom is -0.291 e. The van der Waals surface area contributed by atoms with E-state index in [0.717, 1.165) is 38.0 Å². The van der Waals surface area contributed by atoms with Crippen molar-refractivity contribution in [2.24, 2.45) is 5.92 Å². The second kappa shape index (κ2) is 11.4. The van der Waals surface area contributed by atoms with Crippen LogP contribution in [0.1, 0.15) is 85.0 Å². The van der Waals surface area contributed by atoms with Crippen LogP contribution in [-0.2, 0) is 9.59 Å². The number of unbranched alkanes of at least 4 members (excludes halogenated alkanes) is 3. The van der Waals surface area contributed by atoms with Gasteiger partial charge in [0.2, 0.25) is 0 Å². The normalized spacial score (nSPS) is 10.9. The molecule has 0 radical (unpaired) electrons. The van der Waals surface area contributed by atoms with Crippen LogP contribution in [0.25, 0.3) is 0 Å². The molecular formula is C16H30O2. The predicted octanol–water partition coefficient (Wildman–Crippen LogP) is 4.70. The maximum Gasteiger partial charge on any atom is 0.198 e. The molecule has 2 nitrogen and oxygen atoms in total. The van der Waals surface area contributed by atoms with E-state index in [9.17, 15) is 9.59 Å². The molecule has 0 saturated heterocycles. The summed E-state index contributed by atoms with van der Waals surface area (Å²) in [5.74, 6) is 0.502. The van der Waals surface area contributed by atoms with Crippen molar-refractivity contribution in [3.05, 3.63) is 0 Å². The zero-order valence-corrected chi connectivity index (χ0v) is 12.5. The van der Waals surface area contributed by atoms with Crippen LogP contribution in [0.3, 0.4) is 0 Å². The van der Waals surface area contributed by atoms with Gasteiger partial charge in [0.05, 0.1) is 0 Å². The van der Waals surface area contributed by atoms with Crippen LogP contribution >= 0.6 is 0 Å². The quantitative estimate of drug-likeness (QED) is 0.373. The Kier molecular flexibility index (Phi) is 11.0. The second-order valence-corrected chi connectivity index (χ2v) is 5.23. The third-order valence-corrected chi connectivity index (χ3v) is 3.74. The van der Waals surface area contributed by atoms with E-state index in [1.165, 1.54) is 19.3 Å². The Morgan fingerprint density at radius 3 is 1.72 bits per heavy atom. The molecule has 106 valence electrons. The molecule has 0 aromatic heterocycles. The van der Waals surface area contributed by atoms with Gasteiger partial charge in [-0.1, -0.05) is 59.3 Å². The molecule has 0 N–H and O–H groups in total. The Hall–Kier alpha value is -0.660. The summed E-state index contributed by atoms with van der Waals surface area (Å²) in [6.07, 6.45) is 9.55. The standard InChI is InChI=1S/C16H30O2/c1-4-7-8-12-15(17)16(18)13-10-9-11-14(5-2)6-3/h14H,4-13H2,1-3H3. The largest absolute Gasteiger partial charge is 0.291 e. The smallest absolute Gasteiger partial charge is 0.198 e. The zero-order chi connectivity index (χ0) is 13.8. The van der Waals surface area contributed by atoms with Crippen LogP contribution in [0.15, 0.2) is 0 Å². The van der Waals surface area contributed by atoms with Gasteiger partial charge in [-0.25, -0.2) is 0 Å². The number of carbonyl (C=O) groups excluding carboxylic acids is 2. The molecular weight excluding hydrogens is 224 g/mol. The number of rotatable bonds is 12. The van der Waals surface area contributed by atoms with Crippen LogP contribution in [-0.4, -0.2) is 11.6 Å². The van der Waals surface area contributed by atoms with Crippen molar-refractivity contribution in [1.82, 2.24) is 0 Å². The van der Waals surface area contributed by atoms with E-state index >= 15 is 0 Å². The van der Waals surface area contributed by atoms with Crippen LogP contribution in [0.2, 0.25) is 0 Å². The Morgan fingerprint density at radius 2 is 1.28 bits per heavy atom. The third kappa shape index (κ3) is 8.43. The minimum atomic E-state index is -0.147. The molecule has 18 heavy (non-hydrogen) atoms. The Balaban J connectivity index is 3.60. The fourth-order valence-electron chi connectivity index (χ4n) is 2.23. The van der Waals surface area contributed by atoms with Gasteiger partial charge >= 0.3 is 0 Å². The highest BCUT2D eigenvalue weighted by molar-refractivity contribution is 6.37. The molecule has 0 atom stereocenters. The van der Waals surface area contributed by atoms with E-state index in [1.54, 1.807) is 0 Å². The first kappa shape index (κ1) is 17.3. The minimum absolute atomic E-state index is 0.143.